The number of benzene rings is 1. The summed E-state index contributed by atoms with van der Waals surface area (Å²) in [4.78, 5) is 14.1. The summed E-state index contributed by atoms with van der Waals surface area (Å²) in [5.41, 5.74) is 0.358. The molecule has 0 radical (unpaired) electrons. The first-order chi connectivity index (χ1) is 10.7. The fourth-order valence-electron chi connectivity index (χ4n) is 2.20. The lowest BCUT2D eigenvalue weighted by molar-refractivity contribution is 0.0729. The first-order valence-electron chi connectivity index (χ1n) is 7.39. The van der Waals surface area contributed by atoms with Crippen molar-refractivity contribution in [3.05, 3.63) is 28.2 Å². The average Bonchev–Trinajstić information content (AvgIpc) is 2.54. The number of carbonyl (C=O) groups excluding carboxylic acids is 1. The van der Waals surface area contributed by atoms with E-state index in [1.54, 1.807) is 24.1 Å². The van der Waals surface area contributed by atoms with Crippen LogP contribution in [0.4, 0.5) is 0 Å². The minimum Gasteiger partial charge on any atom is -0.379 e. The highest BCUT2D eigenvalue weighted by atomic mass is 79.9. The number of hydrogen-bond donors (Lipinski definition) is 0. The van der Waals surface area contributed by atoms with Crippen molar-refractivity contribution >= 4 is 31.9 Å². The molecule has 128 valence electrons. The molecule has 1 aromatic carbocycles. The number of ether oxygens (including phenoxy) is 1. The van der Waals surface area contributed by atoms with Gasteiger partial charge in [0.25, 0.3) is 5.91 Å². The van der Waals surface area contributed by atoms with Crippen LogP contribution in [0.1, 0.15) is 24.2 Å². The van der Waals surface area contributed by atoms with Crippen LogP contribution < -0.4 is 0 Å². The van der Waals surface area contributed by atoms with Crippen molar-refractivity contribution < 1.29 is 17.9 Å². The zero-order chi connectivity index (χ0) is 17.2. The van der Waals surface area contributed by atoms with Crippen molar-refractivity contribution in [1.82, 2.24) is 9.21 Å². The van der Waals surface area contributed by atoms with E-state index in [9.17, 15) is 13.2 Å². The second kappa shape index (κ2) is 7.29. The third kappa shape index (κ3) is 3.93. The number of halogens is 1. The van der Waals surface area contributed by atoms with Crippen molar-refractivity contribution in [3.8, 4) is 0 Å². The summed E-state index contributed by atoms with van der Waals surface area (Å²) in [6.45, 7) is 5.21. The highest BCUT2D eigenvalue weighted by Crippen LogP contribution is 2.27. The van der Waals surface area contributed by atoms with E-state index in [1.165, 1.54) is 10.4 Å². The molecule has 23 heavy (non-hydrogen) atoms. The van der Waals surface area contributed by atoms with Gasteiger partial charge in [-0.15, -0.1) is 0 Å². The number of rotatable bonds is 4. The Morgan fingerprint density at radius 3 is 2.48 bits per heavy atom. The zero-order valence-corrected chi connectivity index (χ0v) is 15.9. The van der Waals surface area contributed by atoms with E-state index in [0.717, 1.165) is 0 Å². The Balaban J connectivity index is 2.39. The van der Waals surface area contributed by atoms with Crippen LogP contribution in [0.2, 0.25) is 0 Å². The van der Waals surface area contributed by atoms with Gasteiger partial charge in [-0.1, -0.05) is 0 Å². The average molecular weight is 405 g/mol. The van der Waals surface area contributed by atoms with Gasteiger partial charge in [-0.2, -0.15) is 4.31 Å². The molecule has 0 spiro atoms. The first-order valence-corrected chi connectivity index (χ1v) is 9.63. The molecule has 6 nitrogen and oxygen atoms in total. The van der Waals surface area contributed by atoms with Crippen LogP contribution in [0.25, 0.3) is 0 Å². The lowest BCUT2D eigenvalue weighted by Crippen LogP contribution is -2.40. The van der Waals surface area contributed by atoms with Crippen molar-refractivity contribution in [2.24, 2.45) is 0 Å². The monoisotopic (exact) mass is 404 g/mol. The highest BCUT2D eigenvalue weighted by Gasteiger charge is 2.29. The second-order valence-electron chi connectivity index (χ2n) is 5.67. The number of carbonyl (C=O) groups is 1. The third-order valence-electron chi connectivity index (χ3n) is 3.86. The highest BCUT2D eigenvalue weighted by molar-refractivity contribution is 9.10. The molecule has 2 rings (SSSR count). The normalized spacial score (nSPS) is 16.6. The molecule has 0 atom stereocenters. The number of amides is 1. The maximum atomic E-state index is 12.8. The van der Waals surface area contributed by atoms with Gasteiger partial charge in [0, 0.05) is 36.2 Å². The van der Waals surface area contributed by atoms with E-state index >= 15 is 0 Å². The fourth-order valence-corrected chi connectivity index (χ4v) is 4.56. The fraction of sp³-hybridized carbons (Fsp3) is 0.533. The van der Waals surface area contributed by atoms with Crippen molar-refractivity contribution in [2.75, 3.05) is 33.4 Å². The Morgan fingerprint density at radius 1 is 1.30 bits per heavy atom. The summed E-state index contributed by atoms with van der Waals surface area (Å²) in [7, 11) is -1.96. The molecule has 1 fully saturated rings. The van der Waals surface area contributed by atoms with Gasteiger partial charge in [0.1, 0.15) is 0 Å². The van der Waals surface area contributed by atoms with Gasteiger partial charge in [0.2, 0.25) is 10.0 Å². The Hall–Kier alpha value is -0.960. The Bertz CT molecular complexity index is 685. The van der Waals surface area contributed by atoms with Gasteiger partial charge in [0.05, 0.1) is 18.1 Å². The summed E-state index contributed by atoms with van der Waals surface area (Å²) >= 11 is 3.29. The SMILES string of the molecule is CC(C)N(C)C(=O)c1ccc(Br)c(S(=O)(=O)N2CCOCC2)c1. The lowest BCUT2D eigenvalue weighted by Gasteiger charge is -2.27. The largest absolute Gasteiger partial charge is 0.379 e. The minimum atomic E-state index is -3.66. The topological polar surface area (TPSA) is 66.9 Å². The molecule has 1 aliphatic heterocycles. The standard InChI is InChI=1S/C15H21BrN2O4S/c1-11(2)17(3)15(19)12-4-5-13(16)14(10-12)23(20,21)18-6-8-22-9-7-18/h4-5,10-11H,6-9H2,1-3H3. The van der Waals surface area contributed by atoms with Crippen LogP contribution in [0.3, 0.4) is 0 Å². The minimum absolute atomic E-state index is 0.0328. The predicted molar refractivity (Wildman–Crippen MR) is 90.9 cm³/mol. The Morgan fingerprint density at radius 2 is 1.91 bits per heavy atom. The molecule has 0 aliphatic carbocycles. The van der Waals surface area contributed by atoms with Crippen LogP contribution in [0, 0.1) is 0 Å². The molecule has 1 aromatic rings. The van der Waals surface area contributed by atoms with Crippen LogP contribution in [-0.4, -0.2) is 62.9 Å². The molecule has 8 heteroatoms. The summed E-state index contributed by atoms with van der Waals surface area (Å²) in [6, 6.07) is 4.71. The molecule has 0 N–H and O–H groups in total. The number of nitrogens with zero attached hydrogens (tertiary/aromatic N) is 2. The van der Waals surface area contributed by atoms with Gasteiger partial charge < -0.3 is 9.64 Å². The number of morpholine rings is 1. The summed E-state index contributed by atoms with van der Waals surface area (Å²) < 4.78 is 32.6. The molecule has 1 saturated heterocycles. The second-order valence-corrected chi connectivity index (χ2v) is 8.43. The number of hydrogen-bond acceptors (Lipinski definition) is 4. The van der Waals surface area contributed by atoms with E-state index in [4.69, 9.17) is 4.74 Å². The van der Waals surface area contributed by atoms with Crippen LogP contribution in [-0.2, 0) is 14.8 Å². The van der Waals surface area contributed by atoms with E-state index in [-0.39, 0.29) is 16.8 Å². The van der Waals surface area contributed by atoms with Crippen LogP contribution in [0.15, 0.2) is 27.6 Å². The predicted octanol–water partition coefficient (Wildman–Crippen LogP) is 1.95. The molecule has 0 saturated carbocycles. The Kier molecular flexibility index (Phi) is 5.83. The molecular weight excluding hydrogens is 384 g/mol. The molecule has 0 bridgehead atoms. The lowest BCUT2D eigenvalue weighted by atomic mass is 10.2. The van der Waals surface area contributed by atoms with Crippen LogP contribution in [0.5, 0.6) is 0 Å². The molecule has 1 aliphatic rings. The van der Waals surface area contributed by atoms with Crippen molar-refractivity contribution in [1.29, 1.82) is 0 Å². The molecule has 1 amide bonds. The van der Waals surface area contributed by atoms with Crippen molar-refractivity contribution in [3.63, 3.8) is 0 Å². The maximum Gasteiger partial charge on any atom is 0.253 e. The van der Waals surface area contributed by atoms with E-state index in [2.05, 4.69) is 15.9 Å². The van der Waals surface area contributed by atoms with Gasteiger partial charge in [-0.05, 0) is 48.0 Å². The summed E-state index contributed by atoms with van der Waals surface area (Å²) in [5, 5.41) is 0. The molecule has 1 heterocycles. The Labute approximate surface area is 145 Å². The van der Waals surface area contributed by atoms with E-state index in [1.807, 2.05) is 13.8 Å². The third-order valence-corrected chi connectivity index (χ3v) is 6.75. The van der Waals surface area contributed by atoms with E-state index in [0.29, 0.717) is 36.3 Å². The molecule has 0 unspecified atom stereocenters. The quantitative estimate of drug-likeness (QED) is 0.768. The van der Waals surface area contributed by atoms with Gasteiger partial charge in [0.15, 0.2) is 0 Å². The van der Waals surface area contributed by atoms with Gasteiger partial charge >= 0.3 is 0 Å². The molecule has 0 aromatic heterocycles. The van der Waals surface area contributed by atoms with Crippen molar-refractivity contribution in [2.45, 2.75) is 24.8 Å². The van der Waals surface area contributed by atoms with Crippen LogP contribution >= 0.6 is 15.9 Å². The van der Waals surface area contributed by atoms with Gasteiger partial charge in [-0.3, -0.25) is 4.79 Å². The zero-order valence-electron chi connectivity index (χ0n) is 13.5. The van der Waals surface area contributed by atoms with Gasteiger partial charge in [-0.25, -0.2) is 8.42 Å². The summed E-state index contributed by atoms with van der Waals surface area (Å²) in [6.07, 6.45) is 0. The molecular formula is C15H21BrN2O4S. The number of sulfonamides is 1. The smallest absolute Gasteiger partial charge is 0.253 e. The first kappa shape index (κ1) is 18.4. The summed E-state index contributed by atoms with van der Waals surface area (Å²) in [5.74, 6) is -0.203. The maximum absolute atomic E-state index is 12.8. The van der Waals surface area contributed by atoms with E-state index < -0.39 is 10.0 Å².